The van der Waals surface area contributed by atoms with Crippen molar-refractivity contribution in [3.63, 3.8) is 0 Å². The summed E-state index contributed by atoms with van der Waals surface area (Å²) in [6, 6.07) is 8.17. The average Bonchev–Trinajstić information content (AvgIpc) is 3.44. The summed E-state index contributed by atoms with van der Waals surface area (Å²) >= 11 is 0. The monoisotopic (exact) mass is 407 g/mol. The minimum Gasteiger partial charge on any atom is -0.382 e. The zero-order valence-corrected chi connectivity index (χ0v) is 19.2. The molecule has 1 aromatic carbocycles. The number of para-hydroxylation sites is 1. The second-order valence-electron chi connectivity index (χ2n) is 7.43. The highest BCUT2D eigenvalue weighted by Gasteiger charge is 2.14. The van der Waals surface area contributed by atoms with Crippen molar-refractivity contribution in [2.45, 2.75) is 60.3 Å². The van der Waals surface area contributed by atoms with Crippen LogP contribution in [-0.2, 0) is 6.42 Å². The number of nitrogen functional groups attached to an aromatic ring is 1. The second-order valence-corrected chi connectivity index (χ2v) is 7.43. The molecule has 3 heterocycles. The number of nitrogens with one attached hydrogen (secondary N) is 2. The summed E-state index contributed by atoms with van der Waals surface area (Å²) < 4.78 is 0. The highest BCUT2D eigenvalue weighted by atomic mass is 14.9. The molecule has 2 aromatic heterocycles. The fourth-order valence-corrected chi connectivity index (χ4v) is 3.49. The summed E-state index contributed by atoms with van der Waals surface area (Å²) in [5.74, 6) is 0.477. The topological polar surface area (TPSA) is 79.6 Å². The Balaban J connectivity index is 0.000000393. The number of H-pyrrole nitrogens is 1. The molecule has 0 saturated carbocycles. The van der Waals surface area contributed by atoms with E-state index >= 15 is 0 Å². The first kappa shape index (κ1) is 23.6. The quantitative estimate of drug-likeness (QED) is 0.503. The van der Waals surface area contributed by atoms with Gasteiger partial charge in [-0.25, -0.2) is 9.97 Å². The number of hydrogen-bond donors (Lipinski definition) is 3. The van der Waals surface area contributed by atoms with E-state index in [2.05, 4.69) is 45.9 Å². The van der Waals surface area contributed by atoms with E-state index in [1.807, 2.05) is 39.8 Å². The lowest BCUT2D eigenvalue weighted by molar-refractivity contribution is 0.857. The third-order valence-electron chi connectivity index (χ3n) is 5.01. The fourth-order valence-electron chi connectivity index (χ4n) is 3.49. The number of nitrogens with zero attached hydrogens (tertiary/aromatic N) is 2. The standard InChI is InChI=1S/C19H22N4.C4H9N.C2H6/c1-5-7-15-14(11(2)3)10-17(22-15)13-8-6-9-16-18(13)23-19(20)12(4)21-16;1-2-4-5-3-1;1-2/h6,8-10,22H,2,5,7H2,1,3-4H3,(H2,20,23);5H,1-4H2;1-2H3. The van der Waals surface area contributed by atoms with Crippen molar-refractivity contribution in [1.82, 2.24) is 20.3 Å². The van der Waals surface area contributed by atoms with E-state index in [4.69, 9.17) is 5.73 Å². The Labute approximate surface area is 181 Å². The number of allylic oxidation sites excluding steroid dienone is 1. The van der Waals surface area contributed by atoms with Crippen molar-refractivity contribution < 1.29 is 0 Å². The first-order valence-electron chi connectivity index (χ1n) is 11.1. The predicted molar refractivity (Wildman–Crippen MR) is 131 cm³/mol. The van der Waals surface area contributed by atoms with Crippen LogP contribution in [0.1, 0.15) is 63.9 Å². The van der Waals surface area contributed by atoms with Crippen LogP contribution in [0.4, 0.5) is 5.82 Å². The summed E-state index contributed by atoms with van der Waals surface area (Å²) in [4.78, 5) is 12.6. The van der Waals surface area contributed by atoms with Crippen molar-refractivity contribution in [2.75, 3.05) is 18.8 Å². The van der Waals surface area contributed by atoms with Crippen molar-refractivity contribution in [3.8, 4) is 11.3 Å². The van der Waals surface area contributed by atoms with Gasteiger partial charge in [0, 0.05) is 17.0 Å². The molecule has 0 radical (unpaired) electrons. The second kappa shape index (κ2) is 11.5. The van der Waals surface area contributed by atoms with E-state index in [1.54, 1.807) is 0 Å². The number of hydrogen-bond acceptors (Lipinski definition) is 4. The summed E-state index contributed by atoms with van der Waals surface area (Å²) in [7, 11) is 0. The Bertz CT molecular complexity index is 959. The van der Waals surface area contributed by atoms with Gasteiger partial charge < -0.3 is 16.0 Å². The predicted octanol–water partition coefficient (Wildman–Crippen LogP) is 5.90. The van der Waals surface area contributed by atoms with Crippen LogP contribution in [0.25, 0.3) is 27.9 Å². The largest absolute Gasteiger partial charge is 0.382 e. The van der Waals surface area contributed by atoms with Gasteiger partial charge in [0.15, 0.2) is 0 Å². The first-order chi connectivity index (χ1) is 14.5. The first-order valence-corrected chi connectivity index (χ1v) is 11.1. The Kier molecular flexibility index (Phi) is 9.06. The lowest BCUT2D eigenvalue weighted by atomic mass is 10.1. The van der Waals surface area contributed by atoms with Crippen molar-refractivity contribution in [3.05, 3.63) is 47.8 Å². The number of anilines is 1. The molecule has 30 heavy (non-hydrogen) atoms. The van der Waals surface area contributed by atoms with Gasteiger partial charge in [-0.05, 0) is 69.5 Å². The average molecular weight is 408 g/mol. The number of benzene rings is 1. The Morgan fingerprint density at radius 1 is 1.17 bits per heavy atom. The molecule has 0 spiro atoms. The smallest absolute Gasteiger partial charge is 0.145 e. The van der Waals surface area contributed by atoms with E-state index in [9.17, 15) is 0 Å². The van der Waals surface area contributed by atoms with Crippen LogP contribution in [0.3, 0.4) is 0 Å². The number of fused-ring (bicyclic) bond motifs is 1. The van der Waals surface area contributed by atoms with Crippen molar-refractivity contribution >= 4 is 22.4 Å². The van der Waals surface area contributed by atoms with E-state index in [-0.39, 0.29) is 0 Å². The normalized spacial score (nSPS) is 12.7. The van der Waals surface area contributed by atoms with Gasteiger partial charge in [-0.1, -0.05) is 45.9 Å². The van der Waals surface area contributed by atoms with Crippen LogP contribution in [0, 0.1) is 6.92 Å². The minimum absolute atomic E-state index is 0.477. The van der Waals surface area contributed by atoms with E-state index in [0.717, 1.165) is 46.4 Å². The summed E-state index contributed by atoms with van der Waals surface area (Å²) in [5, 5.41) is 3.22. The molecule has 1 aliphatic rings. The molecule has 4 rings (SSSR count). The van der Waals surface area contributed by atoms with E-state index in [1.165, 1.54) is 37.2 Å². The molecule has 0 bridgehead atoms. The molecule has 1 aliphatic heterocycles. The summed E-state index contributed by atoms with van der Waals surface area (Å²) in [5.41, 5.74) is 13.9. The van der Waals surface area contributed by atoms with Gasteiger partial charge in [0.1, 0.15) is 11.3 Å². The summed E-state index contributed by atoms with van der Waals surface area (Å²) in [6.45, 7) is 16.7. The van der Waals surface area contributed by atoms with Crippen LogP contribution in [0.2, 0.25) is 0 Å². The molecular formula is C25H37N5. The Morgan fingerprint density at radius 2 is 1.87 bits per heavy atom. The molecule has 162 valence electrons. The van der Waals surface area contributed by atoms with Gasteiger partial charge in [0.2, 0.25) is 0 Å². The number of rotatable bonds is 4. The highest BCUT2D eigenvalue weighted by Crippen LogP contribution is 2.31. The van der Waals surface area contributed by atoms with Gasteiger partial charge >= 0.3 is 0 Å². The third kappa shape index (κ3) is 5.70. The molecule has 0 amide bonds. The molecule has 4 N–H and O–H groups in total. The zero-order valence-electron chi connectivity index (χ0n) is 19.2. The Hall–Kier alpha value is -2.66. The molecule has 5 heteroatoms. The number of nitrogens with two attached hydrogens (primary N) is 1. The van der Waals surface area contributed by atoms with Gasteiger partial charge in [0.05, 0.1) is 11.2 Å². The van der Waals surface area contributed by atoms with Crippen LogP contribution in [-0.4, -0.2) is 28.0 Å². The van der Waals surface area contributed by atoms with Crippen LogP contribution in [0.5, 0.6) is 0 Å². The molecule has 3 aromatic rings. The van der Waals surface area contributed by atoms with E-state index in [0.29, 0.717) is 5.82 Å². The maximum atomic E-state index is 5.97. The minimum atomic E-state index is 0.477. The highest BCUT2D eigenvalue weighted by molar-refractivity contribution is 5.92. The lowest BCUT2D eigenvalue weighted by Gasteiger charge is -2.06. The van der Waals surface area contributed by atoms with Crippen LogP contribution in [0.15, 0.2) is 30.8 Å². The molecule has 0 atom stereocenters. The number of aromatic amines is 1. The summed E-state index contributed by atoms with van der Waals surface area (Å²) in [6.07, 6.45) is 4.86. The Morgan fingerprint density at radius 3 is 2.43 bits per heavy atom. The van der Waals surface area contributed by atoms with Crippen LogP contribution < -0.4 is 11.1 Å². The molecule has 1 saturated heterocycles. The third-order valence-corrected chi connectivity index (χ3v) is 5.01. The van der Waals surface area contributed by atoms with Crippen LogP contribution >= 0.6 is 0 Å². The lowest BCUT2D eigenvalue weighted by Crippen LogP contribution is -2.03. The van der Waals surface area contributed by atoms with Gasteiger partial charge in [0.25, 0.3) is 0 Å². The SMILES string of the molecule is C1CCNC1.C=C(C)c1cc(-c2cccc3nc(C)c(N)nc23)[nH]c1CCC.CC. The molecule has 0 aliphatic carbocycles. The van der Waals surface area contributed by atoms with Gasteiger partial charge in [-0.2, -0.15) is 0 Å². The molecular weight excluding hydrogens is 370 g/mol. The number of aryl methyl sites for hydroxylation is 2. The maximum Gasteiger partial charge on any atom is 0.145 e. The molecule has 5 nitrogen and oxygen atoms in total. The molecule has 0 unspecified atom stereocenters. The van der Waals surface area contributed by atoms with Crippen molar-refractivity contribution in [1.29, 1.82) is 0 Å². The fraction of sp³-hybridized carbons (Fsp3) is 0.440. The number of aromatic nitrogens is 3. The van der Waals surface area contributed by atoms with E-state index < -0.39 is 0 Å². The zero-order chi connectivity index (χ0) is 22.1. The van der Waals surface area contributed by atoms with Crippen molar-refractivity contribution in [2.24, 2.45) is 0 Å². The van der Waals surface area contributed by atoms with Gasteiger partial charge in [-0.15, -0.1) is 0 Å². The maximum absolute atomic E-state index is 5.97. The van der Waals surface area contributed by atoms with Gasteiger partial charge in [-0.3, -0.25) is 0 Å². The molecule has 1 fully saturated rings.